The highest BCUT2D eigenvalue weighted by molar-refractivity contribution is 6.33. The number of H-pyrrole nitrogens is 1. The minimum Gasteiger partial charge on any atom is -0.343 e. The summed E-state index contributed by atoms with van der Waals surface area (Å²) in [5, 5.41) is 12.2. The van der Waals surface area contributed by atoms with E-state index in [4.69, 9.17) is 11.6 Å². The number of amides is 2. The molecule has 2 aromatic rings. The summed E-state index contributed by atoms with van der Waals surface area (Å²) in [5.74, 6) is -0.292. The van der Waals surface area contributed by atoms with Gasteiger partial charge in [0.1, 0.15) is 0 Å². The van der Waals surface area contributed by atoms with Gasteiger partial charge in [0, 0.05) is 11.3 Å². The Morgan fingerprint density at radius 3 is 2.62 bits per heavy atom. The summed E-state index contributed by atoms with van der Waals surface area (Å²) in [6, 6.07) is 6.65. The highest BCUT2D eigenvalue weighted by Gasteiger charge is 2.13. The van der Waals surface area contributed by atoms with Crippen molar-refractivity contribution in [1.82, 2.24) is 15.5 Å². The van der Waals surface area contributed by atoms with Crippen molar-refractivity contribution in [3.8, 4) is 0 Å². The average molecular weight is 307 g/mol. The first kappa shape index (κ1) is 15.1. The number of hydrogen-bond acceptors (Lipinski definition) is 3. The molecule has 0 aliphatic rings. The lowest BCUT2D eigenvalue weighted by Gasteiger charge is -2.07. The molecule has 1 aromatic carbocycles. The third-order valence-electron chi connectivity index (χ3n) is 3.04. The number of carbonyl (C=O) groups is 2. The molecule has 0 bridgehead atoms. The van der Waals surface area contributed by atoms with Gasteiger partial charge in [-0.1, -0.05) is 23.7 Å². The van der Waals surface area contributed by atoms with E-state index in [2.05, 4.69) is 20.8 Å². The first-order valence-corrected chi connectivity index (χ1v) is 6.71. The maximum atomic E-state index is 11.9. The van der Waals surface area contributed by atoms with Crippen molar-refractivity contribution in [1.29, 1.82) is 0 Å². The standard InChI is InChI=1S/C14H15ClN4O2/c1-8-9(2)18-19-13(8)17-12(20)7-16-14(21)10-5-3-4-6-11(10)15/h3-6H,7H2,1-2H3,(H,16,21)(H2,17,18,19,20). The molecule has 0 aliphatic carbocycles. The number of nitrogens with zero attached hydrogens (tertiary/aromatic N) is 1. The Morgan fingerprint density at radius 2 is 2.00 bits per heavy atom. The van der Waals surface area contributed by atoms with Crippen molar-refractivity contribution < 1.29 is 9.59 Å². The molecule has 2 rings (SSSR count). The Bertz CT molecular complexity index is 681. The number of hydrogen-bond donors (Lipinski definition) is 3. The Kier molecular flexibility index (Phi) is 4.59. The van der Waals surface area contributed by atoms with Crippen molar-refractivity contribution in [2.45, 2.75) is 13.8 Å². The van der Waals surface area contributed by atoms with Gasteiger partial charge in [0.15, 0.2) is 5.82 Å². The Labute approximate surface area is 126 Å². The van der Waals surface area contributed by atoms with Crippen LogP contribution >= 0.6 is 11.6 Å². The fraction of sp³-hybridized carbons (Fsp3) is 0.214. The van der Waals surface area contributed by atoms with Gasteiger partial charge in [0.25, 0.3) is 5.91 Å². The summed E-state index contributed by atoms with van der Waals surface area (Å²) in [4.78, 5) is 23.7. The molecule has 1 heterocycles. The molecule has 0 spiro atoms. The molecule has 0 saturated heterocycles. The van der Waals surface area contributed by atoms with Crippen LogP contribution in [0.25, 0.3) is 0 Å². The number of aromatic amines is 1. The van der Waals surface area contributed by atoms with Crippen LogP contribution in [-0.4, -0.2) is 28.6 Å². The second kappa shape index (κ2) is 6.41. The number of benzene rings is 1. The van der Waals surface area contributed by atoms with Gasteiger partial charge in [-0.3, -0.25) is 14.7 Å². The summed E-state index contributed by atoms with van der Waals surface area (Å²) in [5.41, 5.74) is 2.07. The predicted molar refractivity (Wildman–Crippen MR) is 80.5 cm³/mol. The van der Waals surface area contributed by atoms with Crippen LogP contribution in [0.15, 0.2) is 24.3 Å². The molecule has 0 fully saturated rings. The van der Waals surface area contributed by atoms with E-state index >= 15 is 0 Å². The Balaban J connectivity index is 1.91. The van der Waals surface area contributed by atoms with Crippen LogP contribution in [0.2, 0.25) is 5.02 Å². The smallest absolute Gasteiger partial charge is 0.253 e. The lowest BCUT2D eigenvalue weighted by atomic mass is 10.2. The number of carbonyl (C=O) groups excluding carboxylic acids is 2. The van der Waals surface area contributed by atoms with Gasteiger partial charge in [-0.25, -0.2) is 0 Å². The normalized spacial score (nSPS) is 10.2. The molecule has 0 aliphatic heterocycles. The third kappa shape index (κ3) is 3.61. The molecule has 1 aromatic heterocycles. The first-order chi connectivity index (χ1) is 9.99. The molecule has 0 atom stereocenters. The van der Waals surface area contributed by atoms with E-state index in [-0.39, 0.29) is 12.5 Å². The van der Waals surface area contributed by atoms with Gasteiger partial charge in [0.2, 0.25) is 5.91 Å². The summed E-state index contributed by atoms with van der Waals surface area (Å²) >= 11 is 5.91. The maximum absolute atomic E-state index is 11.9. The van der Waals surface area contributed by atoms with Gasteiger partial charge in [-0.2, -0.15) is 5.10 Å². The summed E-state index contributed by atoms with van der Waals surface area (Å²) in [6.45, 7) is 3.54. The zero-order valence-electron chi connectivity index (χ0n) is 11.7. The number of halogens is 1. The fourth-order valence-corrected chi connectivity index (χ4v) is 1.91. The van der Waals surface area contributed by atoms with Gasteiger partial charge in [-0.15, -0.1) is 0 Å². The average Bonchev–Trinajstić information content (AvgIpc) is 2.77. The topological polar surface area (TPSA) is 86.9 Å². The van der Waals surface area contributed by atoms with Crippen LogP contribution in [-0.2, 0) is 4.79 Å². The van der Waals surface area contributed by atoms with Gasteiger partial charge < -0.3 is 10.6 Å². The highest BCUT2D eigenvalue weighted by atomic mass is 35.5. The number of nitrogens with one attached hydrogen (secondary N) is 3. The van der Waals surface area contributed by atoms with Crippen LogP contribution in [0.1, 0.15) is 21.6 Å². The number of aromatic nitrogens is 2. The molecule has 0 radical (unpaired) electrons. The van der Waals surface area contributed by atoms with Gasteiger partial charge in [0.05, 0.1) is 17.1 Å². The lowest BCUT2D eigenvalue weighted by molar-refractivity contribution is -0.115. The van der Waals surface area contributed by atoms with E-state index in [9.17, 15) is 9.59 Å². The highest BCUT2D eigenvalue weighted by Crippen LogP contribution is 2.15. The van der Waals surface area contributed by atoms with Gasteiger partial charge in [-0.05, 0) is 26.0 Å². The van der Waals surface area contributed by atoms with Crippen LogP contribution in [0.3, 0.4) is 0 Å². The second-order valence-electron chi connectivity index (χ2n) is 4.53. The molecule has 0 unspecified atom stereocenters. The van der Waals surface area contributed by atoms with E-state index in [1.54, 1.807) is 24.3 Å². The Morgan fingerprint density at radius 1 is 1.29 bits per heavy atom. The van der Waals surface area contributed by atoms with Crippen molar-refractivity contribution in [3.05, 3.63) is 46.1 Å². The minimum absolute atomic E-state index is 0.157. The molecule has 3 N–H and O–H groups in total. The van der Waals surface area contributed by atoms with Crippen molar-refractivity contribution >= 4 is 29.2 Å². The number of aryl methyl sites for hydroxylation is 1. The summed E-state index contributed by atoms with van der Waals surface area (Å²) in [7, 11) is 0. The molecule has 110 valence electrons. The zero-order chi connectivity index (χ0) is 15.4. The van der Waals surface area contributed by atoms with E-state index in [0.717, 1.165) is 11.3 Å². The molecule has 7 heteroatoms. The van der Waals surface area contributed by atoms with Crippen LogP contribution in [0.4, 0.5) is 5.82 Å². The summed E-state index contributed by atoms with van der Waals surface area (Å²) < 4.78 is 0. The van der Waals surface area contributed by atoms with Crippen molar-refractivity contribution in [2.24, 2.45) is 0 Å². The van der Waals surface area contributed by atoms with Crippen LogP contribution in [0.5, 0.6) is 0 Å². The van der Waals surface area contributed by atoms with Crippen molar-refractivity contribution in [2.75, 3.05) is 11.9 Å². The maximum Gasteiger partial charge on any atom is 0.253 e. The fourth-order valence-electron chi connectivity index (χ4n) is 1.68. The largest absolute Gasteiger partial charge is 0.343 e. The van der Waals surface area contributed by atoms with Crippen molar-refractivity contribution in [3.63, 3.8) is 0 Å². The van der Waals surface area contributed by atoms with Gasteiger partial charge >= 0.3 is 0 Å². The predicted octanol–water partition coefficient (Wildman–Crippen LogP) is 2.05. The minimum atomic E-state index is -0.398. The summed E-state index contributed by atoms with van der Waals surface area (Å²) in [6.07, 6.45) is 0. The molecule has 2 amide bonds. The van der Waals surface area contributed by atoms with E-state index in [0.29, 0.717) is 16.4 Å². The van der Waals surface area contributed by atoms with E-state index in [1.807, 2.05) is 13.8 Å². The SMILES string of the molecule is Cc1[nH]nc(NC(=O)CNC(=O)c2ccccc2Cl)c1C. The Hall–Kier alpha value is -2.34. The van der Waals surface area contributed by atoms with Crippen LogP contribution < -0.4 is 10.6 Å². The number of rotatable bonds is 4. The number of anilines is 1. The van der Waals surface area contributed by atoms with E-state index in [1.165, 1.54) is 0 Å². The molecule has 21 heavy (non-hydrogen) atoms. The molecular weight excluding hydrogens is 292 g/mol. The molecular formula is C14H15ClN4O2. The lowest BCUT2D eigenvalue weighted by Crippen LogP contribution is -2.33. The molecule has 0 saturated carbocycles. The van der Waals surface area contributed by atoms with Crippen LogP contribution in [0, 0.1) is 13.8 Å². The third-order valence-corrected chi connectivity index (χ3v) is 3.37. The monoisotopic (exact) mass is 306 g/mol. The quantitative estimate of drug-likeness (QED) is 0.808. The van der Waals surface area contributed by atoms with E-state index < -0.39 is 5.91 Å². The molecule has 6 nitrogen and oxygen atoms in total. The zero-order valence-corrected chi connectivity index (χ0v) is 12.4. The second-order valence-corrected chi connectivity index (χ2v) is 4.94. The first-order valence-electron chi connectivity index (χ1n) is 6.33.